The number of hydrogen-bond donors (Lipinski definition) is 1. The monoisotopic (exact) mass is 353 g/mol. The van der Waals surface area contributed by atoms with E-state index in [1.165, 1.54) is 38.5 Å². The predicted molar refractivity (Wildman–Crippen MR) is 95.5 cm³/mol. The van der Waals surface area contributed by atoms with Crippen molar-refractivity contribution in [1.29, 1.82) is 0 Å². The summed E-state index contributed by atoms with van der Waals surface area (Å²) in [4.78, 5) is 21.3. The number of esters is 1. The maximum Gasteiger partial charge on any atom is 1.00 e. The zero-order chi connectivity index (χ0) is 18.1. The van der Waals surface area contributed by atoms with Gasteiger partial charge in [0.05, 0.1) is 18.4 Å². The Kier molecular flexibility index (Phi) is 25.1. The van der Waals surface area contributed by atoms with Crippen molar-refractivity contribution in [1.82, 2.24) is 0 Å². The van der Waals surface area contributed by atoms with Crippen LogP contribution in [0, 0.1) is 11.8 Å². The van der Waals surface area contributed by atoms with Crippen LogP contribution < -0.4 is 29.6 Å². The summed E-state index contributed by atoms with van der Waals surface area (Å²) in [5.74, 6) is -0.861. The SMILES string of the molecule is CCC(C)C(=O)O.CCCCCCCCCOC(=O)C(C)CC.[Na+]. The summed E-state index contributed by atoms with van der Waals surface area (Å²) in [7, 11) is 0. The van der Waals surface area contributed by atoms with Gasteiger partial charge in [0.15, 0.2) is 0 Å². The van der Waals surface area contributed by atoms with Gasteiger partial charge in [-0.1, -0.05) is 73.1 Å². The number of aliphatic carboxylic acids is 1. The van der Waals surface area contributed by atoms with Crippen LogP contribution in [0.2, 0.25) is 0 Å². The molecule has 4 nitrogen and oxygen atoms in total. The molecule has 2 atom stereocenters. The van der Waals surface area contributed by atoms with Crippen LogP contribution in [0.4, 0.5) is 0 Å². The molecule has 0 amide bonds. The molecule has 5 heteroatoms. The zero-order valence-electron chi connectivity index (χ0n) is 16.9. The van der Waals surface area contributed by atoms with Crippen LogP contribution in [-0.2, 0) is 14.3 Å². The molecule has 0 aliphatic carbocycles. The molecule has 0 aromatic heterocycles. The molecular weight excluding hydrogens is 315 g/mol. The largest absolute Gasteiger partial charge is 1.00 e. The molecule has 1 N–H and O–H groups in total. The number of hydrogen-bond acceptors (Lipinski definition) is 3. The van der Waals surface area contributed by atoms with Crippen molar-refractivity contribution in [3.8, 4) is 0 Å². The van der Waals surface area contributed by atoms with Gasteiger partial charge < -0.3 is 9.84 Å². The third-order valence-electron chi connectivity index (χ3n) is 4.04. The zero-order valence-corrected chi connectivity index (χ0v) is 18.9. The van der Waals surface area contributed by atoms with E-state index < -0.39 is 5.97 Å². The van der Waals surface area contributed by atoms with E-state index in [4.69, 9.17) is 9.84 Å². The summed E-state index contributed by atoms with van der Waals surface area (Å²) >= 11 is 0. The van der Waals surface area contributed by atoms with Crippen LogP contribution in [0.1, 0.15) is 92.4 Å². The van der Waals surface area contributed by atoms with Crippen molar-refractivity contribution in [2.45, 2.75) is 92.4 Å². The fourth-order valence-corrected chi connectivity index (χ4v) is 1.72. The Hall–Kier alpha value is -0.0600. The molecular formula is C19H38NaO4+. The summed E-state index contributed by atoms with van der Waals surface area (Å²) < 4.78 is 5.18. The average molecular weight is 353 g/mol. The van der Waals surface area contributed by atoms with Gasteiger partial charge in [-0.3, -0.25) is 9.59 Å². The Bertz CT molecular complexity index is 295. The number of carboxylic acids is 1. The van der Waals surface area contributed by atoms with Crippen molar-refractivity contribution in [2.24, 2.45) is 11.8 Å². The minimum atomic E-state index is -0.706. The summed E-state index contributed by atoms with van der Waals surface area (Å²) in [6, 6.07) is 0. The Balaban J connectivity index is -0.000000468. The first-order chi connectivity index (χ1) is 10.9. The molecule has 0 aliphatic heterocycles. The smallest absolute Gasteiger partial charge is 0.481 e. The molecule has 138 valence electrons. The quantitative estimate of drug-likeness (QED) is 0.332. The Morgan fingerprint density at radius 3 is 1.67 bits per heavy atom. The van der Waals surface area contributed by atoms with Gasteiger partial charge in [-0.05, 0) is 19.3 Å². The molecule has 2 unspecified atom stereocenters. The molecule has 0 heterocycles. The van der Waals surface area contributed by atoms with Crippen molar-refractivity contribution in [3.63, 3.8) is 0 Å². The number of ether oxygens (including phenoxy) is 1. The van der Waals surface area contributed by atoms with E-state index in [-0.39, 0.29) is 47.4 Å². The second-order valence-electron chi connectivity index (χ2n) is 6.25. The fourth-order valence-electron chi connectivity index (χ4n) is 1.72. The van der Waals surface area contributed by atoms with Crippen LogP contribution in [0.3, 0.4) is 0 Å². The third kappa shape index (κ3) is 20.0. The first-order valence-electron chi connectivity index (χ1n) is 9.29. The molecule has 0 saturated heterocycles. The number of carbonyl (C=O) groups excluding carboxylic acids is 1. The molecule has 0 aromatic carbocycles. The van der Waals surface area contributed by atoms with Crippen LogP contribution >= 0.6 is 0 Å². The van der Waals surface area contributed by atoms with Crippen LogP contribution in [-0.4, -0.2) is 23.7 Å². The number of carbonyl (C=O) groups is 2. The molecule has 0 radical (unpaired) electrons. The van der Waals surface area contributed by atoms with Gasteiger partial charge in [0.1, 0.15) is 0 Å². The van der Waals surface area contributed by atoms with Gasteiger partial charge in [0.25, 0.3) is 0 Å². The predicted octanol–water partition coefficient (Wildman–Crippen LogP) is 2.45. The second-order valence-corrected chi connectivity index (χ2v) is 6.25. The molecule has 0 rings (SSSR count). The Morgan fingerprint density at radius 2 is 1.29 bits per heavy atom. The average Bonchev–Trinajstić information content (AvgIpc) is 2.55. The van der Waals surface area contributed by atoms with E-state index in [9.17, 15) is 9.59 Å². The van der Waals surface area contributed by atoms with Gasteiger partial charge in [-0.2, -0.15) is 0 Å². The fraction of sp³-hybridized carbons (Fsp3) is 0.895. The second kappa shape index (κ2) is 21.0. The van der Waals surface area contributed by atoms with E-state index in [1.54, 1.807) is 6.92 Å². The summed E-state index contributed by atoms with van der Waals surface area (Å²) in [5, 5.41) is 8.18. The number of unbranched alkanes of at least 4 members (excludes halogenated alkanes) is 6. The van der Waals surface area contributed by atoms with Gasteiger partial charge in [0, 0.05) is 0 Å². The number of carboxylic acid groups (broad SMARTS) is 1. The van der Waals surface area contributed by atoms with E-state index in [0.717, 1.165) is 19.3 Å². The molecule has 0 aromatic rings. The van der Waals surface area contributed by atoms with E-state index in [0.29, 0.717) is 6.61 Å². The van der Waals surface area contributed by atoms with Crippen LogP contribution in [0.15, 0.2) is 0 Å². The van der Waals surface area contributed by atoms with E-state index in [1.807, 2.05) is 20.8 Å². The molecule has 0 bridgehead atoms. The third-order valence-corrected chi connectivity index (χ3v) is 4.04. The first-order valence-corrected chi connectivity index (χ1v) is 9.29. The summed E-state index contributed by atoms with van der Waals surface area (Å²) in [5.41, 5.74) is 0. The van der Waals surface area contributed by atoms with Gasteiger partial charge in [0.2, 0.25) is 0 Å². The van der Waals surface area contributed by atoms with Gasteiger partial charge in [-0.25, -0.2) is 0 Å². The maximum atomic E-state index is 11.3. The molecule has 0 aliphatic rings. The minimum absolute atomic E-state index is 0. The standard InChI is InChI=1S/C14H28O2.C5H10O2.Na/c1-4-6-7-8-9-10-11-12-16-14(15)13(3)5-2;1-3-4(2)5(6)7;/h13H,4-12H2,1-3H3;4H,3H2,1-2H3,(H,6,7);/q;;+1. The Labute approximate surface area is 171 Å². The Morgan fingerprint density at radius 1 is 0.833 bits per heavy atom. The van der Waals surface area contributed by atoms with Gasteiger partial charge >= 0.3 is 41.5 Å². The normalized spacial score (nSPS) is 12.2. The van der Waals surface area contributed by atoms with Crippen LogP contribution in [0.5, 0.6) is 0 Å². The van der Waals surface area contributed by atoms with Crippen LogP contribution in [0.25, 0.3) is 0 Å². The van der Waals surface area contributed by atoms with E-state index in [2.05, 4.69) is 6.92 Å². The van der Waals surface area contributed by atoms with Crippen molar-refractivity contribution >= 4 is 11.9 Å². The molecule has 0 saturated carbocycles. The molecule has 24 heavy (non-hydrogen) atoms. The van der Waals surface area contributed by atoms with Crippen molar-refractivity contribution in [2.75, 3.05) is 6.61 Å². The summed E-state index contributed by atoms with van der Waals surface area (Å²) in [6.45, 7) is 10.3. The topological polar surface area (TPSA) is 63.6 Å². The number of rotatable bonds is 12. The van der Waals surface area contributed by atoms with Crippen molar-refractivity contribution in [3.05, 3.63) is 0 Å². The molecule has 0 fully saturated rings. The minimum Gasteiger partial charge on any atom is -0.481 e. The first kappa shape index (κ1) is 28.7. The van der Waals surface area contributed by atoms with Gasteiger partial charge in [-0.15, -0.1) is 0 Å². The summed E-state index contributed by atoms with van der Waals surface area (Å²) in [6.07, 6.45) is 10.4. The van der Waals surface area contributed by atoms with Crippen molar-refractivity contribution < 1.29 is 49.0 Å². The molecule has 0 spiro atoms. The van der Waals surface area contributed by atoms with E-state index >= 15 is 0 Å². The maximum absolute atomic E-state index is 11.3.